The molecule has 296 valence electrons. The molecule has 1 atom stereocenters. The average molecular weight is 823 g/mol. The molecule has 0 bridgehead atoms. The molecule has 0 radical (unpaired) electrons. The van der Waals surface area contributed by atoms with E-state index in [0.29, 0.717) is 0 Å². The third-order valence-corrected chi connectivity index (χ3v) is 14.0. The molecule has 1 aliphatic rings. The van der Waals surface area contributed by atoms with E-state index in [9.17, 15) is 0 Å². The first-order chi connectivity index (χ1) is 31.3. The van der Waals surface area contributed by atoms with Gasteiger partial charge < -0.3 is 9.13 Å². The number of hydrogen-bond donors (Lipinski definition) is 0. The summed E-state index contributed by atoms with van der Waals surface area (Å²) < 4.78 is 7.27. The van der Waals surface area contributed by atoms with Crippen molar-refractivity contribution >= 4 is 75.3 Å². The highest BCUT2D eigenvalue weighted by atomic mass is 32.1. The lowest BCUT2D eigenvalue weighted by Crippen LogP contribution is -2.08. The van der Waals surface area contributed by atoms with Crippen molar-refractivity contribution in [3.05, 3.63) is 218 Å². The Morgan fingerprint density at radius 2 is 1.08 bits per heavy atom. The smallest absolute Gasteiger partial charge is 0.160 e. The molecule has 0 saturated carbocycles. The second-order valence-electron chi connectivity index (χ2n) is 16.4. The van der Waals surface area contributed by atoms with Crippen LogP contribution in [0.1, 0.15) is 17.9 Å². The predicted octanol–water partition coefficient (Wildman–Crippen LogP) is 15.6. The van der Waals surface area contributed by atoms with Gasteiger partial charge in [0, 0.05) is 59.9 Å². The largest absolute Gasteiger partial charge is 0.309 e. The summed E-state index contributed by atoms with van der Waals surface area (Å²) >= 11 is 1.78. The fourth-order valence-corrected chi connectivity index (χ4v) is 11.2. The minimum Gasteiger partial charge on any atom is -0.309 e. The van der Waals surface area contributed by atoms with Crippen molar-refractivity contribution < 1.29 is 0 Å². The van der Waals surface area contributed by atoms with Gasteiger partial charge in [0.05, 0.1) is 43.7 Å². The van der Waals surface area contributed by atoms with Gasteiger partial charge >= 0.3 is 0 Å². The SMILES string of the molecule is C1=CCC(c2cc(-c3nc(-c4ccccc4)nc4c3sc3ccccc34)cc(-c3ccccc3)c2-n2c3ccccc3c3cc(-n4c5ccccc5c5ccccc54)ccc32)C=C1. The zero-order valence-corrected chi connectivity index (χ0v) is 35.0. The Hall–Kier alpha value is -7.86. The van der Waals surface area contributed by atoms with Gasteiger partial charge in [-0.1, -0.05) is 158 Å². The van der Waals surface area contributed by atoms with Crippen molar-refractivity contribution in [1.29, 1.82) is 0 Å². The number of rotatable bonds is 6. The Morgan fingerprint density at radius 3 is 1.78 bits per heavy atom. The Kier molecular flexibility index (Phi) is 8.18. The number of nitrogens with zero attached hydrogens (tertiary/aromatic N) is 4. The molecule has 13 rings (SSSR count). The summed E-state index contributed by atoms with van der Waals surface area (Å²) in [6, 6.07) is 68.2. The zero-order chi connectivity index (χ0) is 41.4. The third-order valence-electron chi connectivity index (χ3n) is 12.8. The molecular weight excluding hydrogens is 785 g/mol. The van der Waals surface area contributed by atoms with E-state index >= 15 is 0 Å². The molecule has 8 aromatic carbocycles. The highest BCUT2D eigenvalue weighted by molar-refractivity contribution is 7.26. The number of allylic oxidation sites excluding steroid dienone is 4. The second kappa shape index (κ2) is 14.4. The minimum atomic E-state index is 0.133. The van der Waals surface area contributed by atoms with Gasteiger partial charge in [0.25, 0.3) is 0 Å². The maximum Gasteiger partial charge on any atom is 0.160 e. The van der Waals surface area contributed by atoms with E-state index < -0.39 is 0 Å². The minimum absolute atomic E-state index is 0.133. The van der Waals surface area contributed by atoms with Crippen LogP contribution in [-0.4, -0.2) is 19.1 Å². The van der Waals surface area contributed by atoms with Gasteiger partial charge in [-0.25, -0.2) is 9.97 Å². The van der Waals surface area contributed by atoms with Crippen LogP contribution in [-0.2, 0) is 0 Å². The lowest BCUT2D eigenvalue weighted by atomic mass is 9.85. The average Bonchev–Trinajstić information content (AvgIpc) is 4.02. The number of para-hydroxylation sites is 3. The number of hydrogen-bond acceptors (Lipinski definition) is 3. The van der Waals surface area contributed by atoms with Crippen molar-refractivity contribution in [1.82, 2.24) is 19.1 Å². The van der Waals surface area contributed by atoms with Crippen molar-refractivity contribution in [2.24, 2.45) is 0 Å². The summed E-state index contributed by atoms with van der Waals surface area (Å²) in [7, 11) is 0. The molecule has 0 saturated heterocycles. The van der Waals surface area contributed by atoms with Gasteiger partial charge in [0.2, 0.25) is 0 Å². The normalized spacial score (nSPS) is 14.0. The van der Waals surface area contributed by atoms with Crippen LogP contribution in [0.2, 0.25) is 0 Å². The summed E-state index contributed by atoms with van der Waals surface area (Å²) in [4.78, 5) is 10.8. The molecule has 0 N–H and O–H groups in total. The molecule has 1 unspecified atom stereocenters. The highest BCUT2D eigenvalue weighted by Crippen LogP contribution is 2.47. The highest BCUT2D eigenvalue weighted by Gasteiger charge is 2.26. The van der Waals surface area contributed by atoms with Crippen LogP contribution in [0, 0.1) is 0 Å². The molecule has 4 nitrogen and oxygen atoms in total. The van der Waals surface area contributed by atoms with Gasteiger partial charge in [-0.2, -0.15) is 0 Å². The Morgan fingerprint density at radius 1 is 0.476 bits per heavy atom. The Bertz CT molecular complexity index is 3780. The second-order valence-corrected chi connectivity index (χ2v) is 17.5. The van der Waals surface area contributed by atoms with Gasteiger partial charge in [-0.15, -0.1) is 11.3 Å². The zero-order valence-electron chi connectivity index (χ0n) is 34.2. The topological polar surface area (TPSA) is 35.6 Å². The first kappa shape index (κ1) is 35.9. The lowest BCUT2D eigenvalue weighted by Gasteiger charge is -2.25. The predicted molar refractivity (Wildman–Crippen MR) is 266 cm³/mol. The van der Waals surface area contributed by atoms with Crippen LogP contribution in [0.3, 0.4) is 0 Å². The summed E-state index contributed by atoms with van der Waals surface area (Å²) in [6.07, 6.45) is 9.95. The molecule has 12 aromatic rings. The summed E-state index contributed by atoms with van der Waals surface area (Å²) in [5, 5.41) is 6.11. The molecule has 4 heterocycles. The van der Waals surface area contributed by atoms with Crippen LogP contribution in [0.4, 0.5) is 0 Å². The van der Waals surface area contributed by atoms with Gasteiger partial charge in [-0.05, 0) is 72.1 Å². The quantitative estimate of drug-likeness (QED) is 0.167. The summed E-state index contributed by atoms with van der Waals surface area (Å²) in [5.74, 6) is 0.865. The van der Waals surface area contributed by atoms with E-state index in [1.165, 1.54) is 59.6 Å². The van der Waals surface area contributed by atoms with Crippen LogP contribution < -0.4 is 0 Å². The first-order valence-corrected chi connectivity index (χ1v) is 22.4. The Balaban J connectivity index is 1.12. The van der Waals surface area contributed by atoms with Crippen LogP contribution >= 0.6 is 11.3 Å². The number of fused-ring (bicyclic) bond motifs is 9. The van der Waals surface area contributed by atoms with Crippen LogP contribution in [0.5, 0.6) is 0 Å². The van der Waals surface area contributed by atoms with Crippen LogP contribution in [0.25, 0.3) is 109 Å². The molecule has 63 heavy (non-hydrogen) atoms. The molecular formula is C58H38N4S. The van der Waals surface area contributed by atoms with Gasteiger partial charge in [-0.3, -0.25) is 0 Å². The third kappa shape index (κ3) is 5.67. The first-order valence-electron chi connectivity index (χ1n) is 21.6. The lowest BCUT2D eigenvalue weighted by molar-refractivity contribution is 0.844. The monoisotopic (exact) mass is 822 g/mol. The molecule has 0 fully saturated rings. The molecule has 0 aliphatic heterocycles. The van der Waals surface area contributed by atoms with Gasteiger partial charge in [0.1, 0.15) is 0 Å². The maximum atomic E-state index is 5.49. The molecule has 5 heteroatoms. The fourth-order valence-electron chi connectivity index (χ4n) is 10.0. The van der Waals surface area contributed by atoms with Crippen molar-refractivity contribution in [3.8, 4) is 45.1 Å². The van der Waals surface area contributed by atoms with E-state index in [1.807, 2.05) is 6.07 Å². The van der Waals surface area contributed by atoms with E-state index in [4.69, 9.17) is 9.97 Å². The standard InChI is InChI=1S/C58H38N4S/c1-4-18-37(19-5-1)46-34-40(54-57-55(45-27-13-17-31-53(45)63-57)60-58(59-54)39-22-8-3-9-23-39)35-47(38-20-6-2-7-21-38)56(46)62-51-30-16-12-26-44(51)48-36-41(32-33-52(48)62)61-49-28-14-10-24-42(49)43-25-11-15-29-50(43)61/h1-20,22-36,38H,21H2. The summed E-state index contributed by atoms with van der Waals surface area (Å²) in [5.41, 5.74) is 14.7. The molecule has 1 aliphatic carbocycles. The number of thiophene rings is 1. The maximum absolute atomic E-state index is 5.49. The van der Waals surface area contributed by atoms with Crippen LogP contribution in [0.15, 0.2) is 212 Å². The van der Waals surface area contributed by atoms with Crippen molar-refractivity contribution in [2.45, 2.75) is 12.3 Å². The fraction of sp³-hybridized carbons (Fsp3) is 0.0345. The number of benzene rings is 8. The van der Waals surface area contributed by atoms with Crippen molar-refractivity contribution in [3.63, 3.8) is 0 Å². The molecule has 4 aromatic heterocycles. The van der Waals surface area contributed by atoms with E-state index in [1.54, 1.807) is 11.3 Å². The van der Waals surface area contributed by atoms with E-state index in [2.05, 4.69) is 215 Å². The van der Waals surface area contributed by atoms with Crippen molar-refractivity contribution in [2.75, 3.05) is 0 Å². The molecule has 0 spiro atoms. The van der Waals surface area contributed by atoms with Gasteiger partial charge in [0.15, 0.2) is 5.82 Å². The number of aromatic nitrogens is 4. The summed E-state index contributed by atoms with van der Waals surface area (Å²) in [6.45, 7) is 0. The van der Waals surface area contributed by atoms with E-state index in [0.717, 1.165) is 61.5 Å². The Labute approximate surface area is 368 Å². The molecule has 0 amide bonds. The van der Waals surface area contributed by atoms with E-state index in [-0.39, 0.29) is 5.92 Å².